The first-order valence-corrected chi connectivity index (χ1v) is 9.85. The summed E-state index contributed by atoms with van der Waals surface area (Å²) in [5, 5.41) is 16.9. The molecule has 0 aliphatic carbocycles. The van der Waals surface area contributed by atoms with Gasteiger partial charge in [0.25, 0.3) is 0 Å². The van der Waals surface area contributed by atoms with Crippen LogP contribution in [0.2, 0.25) is 0 Å². The van der Waals surface area contributed by atoms with E-state index in [1.807, 2.05) is 18.2 Å². The van der Waals surface area contributed by atoms with Crippen molar-refractivity contribution < 1.29 is 8.42 Å². The molecule has 2 heterocycles. The van der Waals surface area contributed by atoms with E-state index in [1.165, 1.54) is 12.1 Å². The summed E-state index contributed by atoms with van der Waals surface area (Å²) in [7, 11) is -3.29. The van der Waals surface area contributed by atoms with Crippen molar-refractivity contribution in [2.24, 2.45) is 0 Å². The summed E-state index contributed by atoms with van der Waals surface area (Å²) in [5.74, 6) is 0.889. The van der Waals surface area contributed by atoms with Crippen molar-refractivity contribution in [3.8, 4) is 0 Å². The minimum absolute atomic E-state index is 0.222. The lowest BCUT2D eigenvalue weighted by molar-refractivity contribution is 0.602. The van der Waals surface area contributed by atoms with Crippen molar-refractivity contribution in [3.05, 3.63) is 54.7 Å². The van der Waals surface area contributed by atoms with Crippen LogP contribution in [0.4, 0.5) is 23.1 Å². The molecule has 4 aromatic rings. The van der Waals surface area contributed by atoms with E-state index < -0.39 is 9.84 Å². The molecule has 27 heavy (non-hydrogen) atoms. The summed E-state index contributed by atoms with van der Waals surface area (Å²) < 4.78 is 23.4. The fourth-order valence-electron chi connectivity index (χ4n) is 2.53. The lowest BCUT2D eigenvalue weighted by Crippen LogP contribution is -2.02. The Bertz CT molecular complexity index is 1220. The Balaban J connectivity index is 1.59. The van der Waals surface area contributed by atoms with Gasteiger partial charge in [-0.25, -0.2) is 13.4 Å². The van der Waals surface area contributed by atoms with E-state index in [1.54, 1.807) is 24.4 Å². The minimum Gasteiger partial charge on any atom is -0.338 e. The summed E-state index contributed by atoms with van der Waals surface area (Å²) >= 11 is 0. The molecule has 0 aliphatic rings. The standard InChI is InChI=1S/C17H15N7O2S/c1-27(25,26)12-5-2-4-11(10-12)19-17-18-9-8-15(21-17)20-13-6-3-7-14-16(13)23-24-22-14/h2-10H,1H3,(H,22,23,24)(H2,18,19,20,21). The molecule has 0 spiro atoms. The van der Waals surface area contributed by atoms with Crippen LogP contribution < -0.4 is 10.6 Å². The van der Waals surface area contributed by atoms with Crippen LogP contribution in [0.15, 0.2) is 59.6 Å². The molecule has 0 saturated heterocycles. The third-order valence-corrected chi connectivity index (χ3v) is 4.90. The minimum atomic E-state index is -3.29. The fraction of sp³-hybridized carbons (Fsp3) is 0.0588. The van der Waals surface area contributed by atoms with Crippen molar-refractivity contribution in [3.63, 3.8) is 0 Å². The zero-order valence-electron chi connectivity index (χ0n) is 14.2. The van der Waals surface area contributed by atoms with Gasteiger partial charge in [0.05, 0.1) is 16.1 Å². The second kappa shape index (κ2) is 6.65. The van der Waals surface area contributed by atoms with Gasteiger partial charge in [0.15, 0.2) is 9.84 Å². The van der Waals surface area contributed by atoms with E-state index in [4.69, 9.17) is 0 Å². The molecule has 0 fully saturated rings. The van der Waals surface area contributed by atoms with Crippen LogP contribution in [0.5, 0.6) is 0 Å². The highest BCUT2D eigenvalue weighted by Gasteiger charge is 2.09. The van der Waals surface area contributed by atoms with E-state index in [-0.39, 0.29) is 4.90 Å². The molecular formula is C17H15N7O2S. The van der Waals surface area contributed by atoms with E-state index >= 15 is 0 Å². The van der Waals surface area contributed by atoms with Gasteiger partial charge in [-0.1, -0.05) is 17.3 Å². The Labute approximate surface area is 154 Å². The Kier molecular flexibility index (Phi) is 4.16. The summed E-state index contributed by atoms with van der Waals surface area (Å²) in [6.07, 6.45) is 2.76. The van der Waals surface area contributed by atoms with Gasteiger partial charge in [-0.3, -0.25) is 5.10 Å². The van der Waals surface area contributed by atoms with Crippen molar-refractivity contribution in [1.29, 1.82) is 0 Å². The molecule has 0 radical (unpaired) electrons. The predicted octanol–water partition coefficient (Wildman–Crippen LogP) is 2.64. The summed E-state index contributed by atoms with van der Waals surface area (Å²) in [4.78, 5) is 8.80. The number of hydrogen-bond acceptors (Lipinski definition) is 8. The van der Waals surface area contributed by atoms with Crippen LogP contribution >= 0.6 is 0 Å². The normalized spacial score (nSPS) is 11.4. The Morgan fingerprint density at radius 2 is 1.89 bits per heavy atom. The van der Waals surface area contributed by atoms with Gasteiger partial charge >= 0.3 is 0 Å². The number of nitrogens with one attached hydrogen (secondary N) is 3. The van der Waals surface area contributed by atoms with Crippen LogP contribution in [-0.4, -0.2) is 40.1 Å². The number of H-pyrrole nitrogens is 1. The molecule has 0 bridgehead atoms. The lowest BCUT2D eigenvalue weighted by atomic mass is 10.2. The van der Waals surface area contributed by atoms with E-state index in [0.29, 0.717) is 23.0 Å². The molecule has 0 saturated carbocycles. The zero-order valence-corrected chi connectivity index (χ0v) is 15.0. The SMILES string of the molecule is CS(=O)(=O)c1cccc(Nc2nccc(Nc3cccc4[nH]nnc34)n2)c1. The number of benzene rings is 2. The number of fused-ring (bicyclic) bond motifs is 1. The number of sulfone groups is 1. The quantitative estimate of drug-likeness (QED) is 0.482. The van der Waals surface area contributed by atoms with Gasteiger partial charge in [-0.15, -0.1) is 5.10 Å². The number of anilines is 4. The zero-order chi connectivity index (χ0) is 18.9. The maximum absolute atomic E-state index is 11.7. The van der Waals surface area contributed by atoms with Crippen LogP contribution in [-0.2, 0) is 9.84 Å². The molecule has 136 valence electrons. The fourth-order valence-corrected chi connectivity index (χ4v) is 3.20. The second-order valence-corrected chi connectivity index (χ2v) is 7.84. The van der Waals surface area contributed by atoms with Gasteiger partial charge in [0, 0.05) is 18.1 Å². The Morgan fingerprint density at radius 1 is 1.04 bits per heavy atom. The summed E-state index contributed by atoms with van der Waals surface area (Å²) in [6.45, 7) is 0. The first-order chi connectivity index (χ1) is 13.0. The van der Waals surface area contributed by atoms with Gasteiger partial charge < -0.3 is 10.6 Å². The van der Waals surface area contributed by atoms with E-state index in [0.717, 1.165) is 17.5 Å². The third-order valence-electron chi connectivity index (χ3n) is 3.79. The highest BCUT2D eigenvalue weighted by atomic mass is 32.2. The van der Waals surface area contributed by atoms with Gasteiger partial charge in [-0.2, -0.15) is 4.98 Å². The highest BCUT2D eigenvalue weighted by molar-refractivity contribution is 7.90. The molecule has 10 heteroatoms. The number of rotatable bonds is 5. The van der Waals surface area contributed by atoms with Crippen LogP contribution in [0.3, 0.4) is 0 Å². The Morgan fingerprint density at radius 3 is 2.74 bits per heavy atom. The lowest BCUT2D eigenvalue weighted by Gasteiger charge is -2.09. The molecule has 4 rings (SSSR count). The molecule has 2 aromatic heterocycles. The summed E-state index contributed by atoms with van der Waals surface area (Å²) in [6, 6.07) is 13.8. The molecule has 0 unspecified atom stereocenters. The topological polar surface area (TPSA) is 126 Å². The molecular weight excluding hydrogens is 366 g/mol. The van der Waals surface area contributed by atoms with Gasteiger partial charge in [0.2, 0.25) is 5.95 Å². The van der Waals surface area contributed by atoms with Gasteiger partial charge in [0.1, 0.15) is 11.3 Å². The first-order valence-electron chi connectivity index (χ1n) is 7.96. The van der Waals surface area contributed by atoms with E-state index in [2.05, 4.69) is 36.0 Å². The van der Waals surface area contributed by atoms with Crippen LogP contribution in [0.1, 0.15) is 0 Å². The number of aromatic nitrogens is 5. The Hall–Kier alpha value is -3.53. The monoisotopic (exact) mass is 381 g/mol. The molecule has 3 N–H and O–H groups in total. The van der Waals surface area contributed by atoms with E-state index in [9.17, 15) is 8.42 Å². The van der Waals surface area contributed by atoms with Crippen molar-refractivity contribution >= 4 is 44.0 Å². The molecule has 2 aromatic carbocycles. The summed E-state index contributed by atoms with van der Waals surface area (Å²) in [5.41, 5.74) is 2.84. The van der Waals surface area contributed by atoms with Crippen molar-refractivity contribution in [2.75, 3.05) is 16.9 Å². The largest absolute Gasteiger partial charge is 0.338 e. The van der Waals surface area contributed by atoms with Crippen molar-refractivity contribution in [1.82, 2.24) is 25.4 Å². The van der Waals surface area contributed by atoms with Gasteiger partial charge in [-0.05, 0) is 36.4 Å². The van der Waals surface area contributed by atoms with Crippen LogP contribution in [0.25, 0.3) is 11.0 Å². The average molecular weight is 381 g/mol. The third kappa shape index (κ3) is 3.70. The first kappa shape index (κ1) is 16.9. The number of aromatic amines is 1. The number of hydrogen-bond donors (Lipinski definition) is 3. The number of nitrogens with zero attached hydrogens (tertiary/aromatic N) is 4. The smallest absolute Gasteiger partial charge is 0.229 e. The maximum atomic E-state index is 11.7. The second-order valence-electron chi connectivity index (χ2n) is 5.83. The molecule has 9 nitrogen and oxygen atoms in total. The molecule has 0 aliphatic heterocycles. The average Bonchev–Trinajstić information content (AvgIpc) is 3.11. The molecule has 0 amide bonds. The maximum Gasteiger partial charge on any atom is 0.229 e. The van der Waals surface area contributed by atoms with Crippen LogP contribution in [0, 0.1) is 0 Å². The molecule has 0 atom stereocenters. The van der Waals surface area contributed by atoms with Crippen molar-refractivity contribution in [2.45, 2.75) is 4.90 Å². The predicted molar refractivity (Wildman–Crippen MR) is 102 cm³/mol. The highest BCUT2D eigenvalue weighted by Crippen LogP contribution is 2.23.